The van der Waals surface area contributed by atoms with Gasteiger partial charge < -0.3 is 14.8 Å². The van der Waals surface area contributed by atoms with Gasteiger partial charge in [-0.25, -0.2) is 4.79 Å². The number of benzene rings is 1. The number of rotatable bonds is 7. The molecule has 0 fully saturated rings. The summed E-state index contributed by atoms with van der Waals surface area (Å²) in [5.41, 5.74) is 1.65. The number of amides is 1. The van der Waals surface area contributed by atoms with E-state index < -0.39 is 5.97 Å². The first-order chi connectivity index (χ1) is 9.67. The van der Waals surface area contributed by atoms with E-state index in [-0.39, 0.29) is 19.1 Å². The SMILES string of the molecule is CCOC(=O)/C=C/c1ccccc1CC(=O)NCOC. The molecule has 5 nitrogen and oxygen atoms in total. The summed E-state index contributed by atoms with van der Waals surface area (Å²) < 4.78 is 9.60. The zero-order valence-electron chi connectivity index (χ0n) is 11.7. The number of hydrogen-bond acceptors (Lipinski definition) is 4. The molecule has 0 heterocycles. The molecule has 0 bridgehead atoms. The van der Waals surface area contributed by atoms with Gasteiger partial charge in [0, 0.05) is 13.2 Å². The first kappa shape index (κ1) is 15.9. The predicted octanol–water partition coefficient (Wildman–Crippen LogP) is 1.53. The molecule has 0 saturated carbocycles. The van der Waals surface area contributed by atoms with E-state index in [1.165, 1.54) is 13.2 Å². The Morgan fingerprint density at radius 1 is 1.30 bits per heavy atom. The fourth-order valence-corrected chi connectivity index (χ4v) is 1.59. The molecule has 0 saturated heterocycles. The van der Waals surface area contributed by atoms with Crippen molar-refractivity contribution >= 4 is 18.0 Å². The highest BCUT2D eigenvalue weighted by Gasteiger charge is 2.06. The standard InChI is InChI=1S/C15H19NO4/c1-3-20-15(18)9-8-12-6-4-5-7-13(12)10-14(17)16-11-19-2/h4-9H,3,10-11H2,1-2H3,(H,16,17)/b9-8+. The molecule has 20 heavy (non-hydrogen) atoms. The molecule has 1 amide bonds. The van der Waals surface area contributed by atoms with Gasteiger partial charge in [-0.15, -0.1) is 0 Å². The van der Waals surface area contributed by atoms with Crippen molar-refractivity contribution in [2.45, 2.75) is 13.3 Å². The summed E-state index contributed by atoms with van der Waals surface area (Å²) >= 11 is 0. The van der Waals surface area contributed by atoms with Crippen LogP contribution in [-0.4, -0.2) is 32.3 Å². The monoisotopic (exact) mass is 277 g/mol. The number of hydrogen-bond donors (Lipinski definition) is 1. The topological polar surface area (TPSA) is 64.6 Å². The summed E-state index contributed by atoms with van der Waals surface area (Å²) in [6.45, 7) is 2.27. The number of nitrogens with one attached hydrogen (secondary N) is 1. The third-order valence-electron chi connectivity index (χ3n) is 2.51. The summed E-state index contributed by atoms with van der Waals surface area (Å²) in [6, 6.07) is 7.38. The second-order valence-corrected chi connectivity index (χ2v) is 3.99. The van der Waals surface area contributed by atoms with Crippen LogP contribution in [0.1, 0.15) is 18.1 Å². The van der Waals surface area contributed by atoms with Gasteiger partial charge in [0.1, 0.15) is 6.73 Å². The van der Waals surface area contributed by atoms with Crippen LogP contribution in [0.3, 0.4) is 0 Å². The summed E-state index contributed by atoms with van der Waals surface area (Å²) in [7, 11) is 1.51. The summed E-state index contributed by atoms with van der Waals surface area (Å²) in [4.78, 5) is 22.9. The molecule has 1 aromatic carbocycles. The van der Waals surface area contributed by atoms with Crippen LogP contribution in [0.5, 0.6) is 0 Å². The maximum atomic E-state index is 11.7. The third-order valence-corrected chi connectivity index (χ3v) is 2.51. The average Bonchev–Trinajstić information content (AvgIpc) is 2.44. The lowest BCUT2D eigenvalue weighted by Crippen LogP contribution is -2.27. The van der Waals surface area contributed by atoms with Crippen molar-refractivity contribution in [3.05, 3.63) is 41.5 Å². The van der Waals surface area contributed by atoms with Crippen LogP contribution in [0.4, 0.5) is 0 Å². The number of methoxy groups -OCH3 is 1. The van der Waals surface area contributed by atoms with Crippen LogP contribution in [0.25, 0.3) is 6.08 Å². The van der Waals surface area contributed by atoms with Crippen molar-refractivity contribution in [2.75, 3.05) is 20.4 Å². The Labute approximate surface area is 118 Å². The Bertz CT molecular complexity index is 483. The van der Waals surface area contributed by atoms with Gasteiger partial charge in [0.05, 0.1) is 13.0 Å². The fourth-order valence-electron chi connectivity index (χ4n) is 1.59. The Morgan fingerprint density at radius 3 is 2.75 bits per heavy atom. The largest absolute Gasteiger partial charge is 0.463 e. The van der Waals surface area contributed by atoms with Gasteiger partial charge in [0.2, 0.25) is 5.91 Å². The molecule has 5 heteroatoms. The normalized spacial score (nSPS) is 10.5. The molecule has 1 N–H and O–H groups in total. The van der Waals surface area contributed by atoms with Crippen LogP contribution in [0.2, 0.25) is 0 Å². The second kappa shape index (κ2) is 8.87. The highest BCUT2D eigenvalue weighted by Crippen LogP contribution is 2.11. The van der Waals surface area contributed by atoms with Gasteiger partial charge in [-0.05, 0) is 24.1 Å². The Hall–Kier alpha value is -2.14. The minimum atomic E-state index is -0.397. The van der Waals surface area contributed by atoms with Gasteiger partial charge >= 0.3 is 5.97 Å². The van der Waals surface area contributed by atoms with Crippen molar-refractivity contribution in [1.82, 2.24) is 5.32 Å². The zero-order valence-corrected chi connectivity index (χ0v) is 11.7. The van der Waals surface area contributed by atoms with E-state index in [0.29, 0.717) is 6.61 Å². The summed E-state index contributed by atoms with van der Waals surface area (Å²) in [5, 5.41) is 2.62. The molecular formula is C15H19NO4. The van der Waals surface area contributed by atoms with Gasteiger partial charge in [0.25, 0.3) is 0 Å². The van der Waals surface area contributed by atoms with Crippen molar-refractivity contribution in [2.24, 2.45) is 0 Å². The Kier molecular flexibility index (Phi) is 7.06. The first-order valence-corrected chi connectivity index (χ1v) is 6.35. The first-order valence-electron chi connectivity index (χ1n) is 6.35. The van der Waals surface area contributed by atoms with E-state index in [4.69, 9.17) is 9.47 Å². The Morgan fingerprint density at radius 2 is 2.05 bits per heavy atom. The van der Waals surface area contributed by atoms with Crippen LogP contribution in [-0.2, 0) is 25.5 Å². The summed E-state index contributed by atoms with van der Waals surface area (Å²) in [5.74, 6) is -0.532. The van der Waals surface area contributed by atoms with Crippen molar-refractivity contribution in [3.8, 4) is 0 Å². The maximum Gasteiger partial charge on any atom is 0.330 e. The lowest BCUT2D eigenvalue weighted by atomic mass is 10.0. The minimum absolute atomic E-state index is 0.135. The van der Waals surface area contributed by atoms with E-state index in [9.17, 15) is 9.59 Å². The van der Waals surface area contributed by atoms with Crippen LogP contribution in [0.15, 0.2) is 30.3 Å². The van der Waals surface area contributed by atoms with Crippen LogP contribution >= 0.6 is 0 Å². The third kappa shape index (κ3) is 5.67. The lowest BCUT2D eigenvalue weighted by Gasteiger charge is -2.07. The van der Waals surface area contributed by atoms with E-state index in [1.807, 2.05) is 24.3 Å². The van der Waals surface area contributed by atoms with Gasteiger partial charge in [0.15, 0.2) is 0 Å². The molecule has 0 atom stereocenters. The van der Waals surface area contributed by atoms with Gasteiger partial charge in [-0.2, -0.15) is 0 Å². The molecular weight excluding hydrogens is 258 g/mol. The minimum Gasteiger partial charge on any atom is -0.463 e. The molecule has 1 rings (SSSR count). The molecule has 0 aliphatic heterocycles. The molecule has 0 unspecified atom stereocenters. The molecule has 0 radical (unpaired) electrons. The average molecular weight is 277 g/mol. The highest BCUT2D eigenvalue weighted by molar-refractivity contribution is 5.88. The molecule has 0 aromatic heterocycles. The van der Waals surface area contributed by atoms with Crippen LogP contribution in [0, 0.1) is 0 Å². The predicted molar refractivity (Wildman–Crippen MR) is 75.8 cm³/mol. The number of carbonyl (C=O) groups is 2. The smallest absolute Gasteiger partial charge is 0.330 e. The number of ether oxygens (including phenoxy) is 2. The second-order valence-electron chi connectivity index (χ2n) is 3.99. The highest BCUT2D eigenvalue weighted by atomic mass is 16.5. The number of carbonyl (C=O) groups excluding carboxylic acids is 2. The van der Waals surface area contributed by atoms with E-state index in [0.717, 1.165) is 11.1 Å². The quantitative estimate of drug-likeness (QED) is 0.466. The Balaban J connectivity index is 2.72. The van der Waals surface area contributed by atoms with E-state index in [2.05, 4.69) is 5.32 Å². The molecule has 1 aromatic rings. The van der Waals surface area contributed by atoms with E-state index in [1.54, 1.807) is 13.0 Å². The zero-order chi connectivity index (χ0) is 14.8. The molecule has 108 valence electrons. The number of esters is 1. The molecule has 0 aliphatic rings. The molecule has 0 aliphatic carbocycles. The van der Waals surface area contributed by atoms with E-state index >= 15 is 0 Å². The van der Waals surface area contributed by atoms with Gasteiger partial charge in [-0.3, -0.25) is 4.79 Å². The maximum absolute atomic E-state index is 11.7. The summed E-state index contributed by atoms with van der Waals surface area (Å²) in [6.07, 6.45) is 3.24. The lowest BCUT2D eigenvalue weighted by molar-refractivity contribution is -0.137. The van der Waals surface area contributed by atoms with Crippen molar-refractivity contribution in [1.29, 1.82) is 0 Å². The van der Waals surface area contributed by atoms with Gasteiger partial charge in [-0.1, -0.05) is 24.3 Å². The molecule has 0 spiro atoms. The van der Waals surface area contributed by atoms with Crippen LogP contribution < -0.4 is 5.32 Å². The van der Waals surface area contributed by atoms with Crippen molar-refractivity contribution in [3.63, 3.8) is 0 Å². The van der Waals surface area contributed by atoms with Crippen molar-refractivity contribution < 1.29 is 19.1 Å². The fraction of sp³-hybridized carbons (Fsp3) is 0.333.